The number of esters is 2. The summed E-state index contributed by atoms with van der Waals surface area (Å²) in [5.41, 5.74) is 0.673. The fraction of sp³-hybridized carbons (Fsp3) is 0.0968. The first kappa shape index (κ1) is 22.9. The molecule has 182 valence electrons. The van der Waals surface area contributed by atoms with E-state index in [0.717, 1.165) is 21.5 Å². The Bertz CT molecular complexity index is 1490. The third-order valence-corrected chi connectivity index (χ3v) is 6.23. The summed E-state index contributed by atoms with van der Waals surface area (Å²) in [7, 11) is 0. The van der Waals surface area contributed by atoms with E-state index < -0.39 is 30.4 Å². The second kappa shape index (κ2) is 9.85. The normalized spacial score (nSPS) is 17.6. The molecular formula is C31H22O6. The molecule has 0 amide bonds. The summed E-state index contributed by atoms with van der Waals surface area (Å²) in [6.45, 7) is 0. The highest BCUT2D eigenvalue weighted by Crippen LogP contribution is 2.34. The molecule has 0 radical (unpaired) electrons. The molecule has 5 aromatic carbocycles. The molecule has 6 rings (SSSR count). The molecule has 5 aromatic rings. The van der Waals surface area contributed by atoms with Crippen LogP contribution < -0.4 is 9.47 Å². The Hall–Kier alpha value is -4.52. The molecule has 0 unspecified atom stereocenters. The second-order valence-corrected chi connectivity index (χ2v) is 8.72. The predicted molar refractivity (Wildman–Crippen MR) is 138 cm³/mol. The molecule has 1 heterocycles. The molecule has 1 aliphatic heterocycles. The minimum absolute atomic E-state index is 0.345. The van der Waals surface area contributed by atoms with Crippen molar-refractivity contribution in [3.05, 3.63) is 121 Å². The SMILES string of the molecule is O=C(Oc1ccc2ccccc2c1)[C@@H]1OC(c2ccccc2)O[C@H]1C(=O)Oc1ccc2ccccc2c1. The van der Waals surface area contributed by atoms with Crippen LogP contribution in [0.3, 0.4) is 0 Å². The fourth-order valence-electron chi connectivity index (χ4n) is 4.38. The zero-order chi connectivity index (χ0) is 25.2. The van der Waals surface area contributed by atoms with Gasteiger partial charge in [-0.2, -0.15) is 0 Å². The average molecular weight is 491 g/mol. The van der Waals surface area contributed by atoms with E-state index in [1.165, 1.54) is 0 Å². The Kier molecular flexibility index (Phi) is 6.10. The molecule has 6 heteroatoms. The van der Waals surface area contributed by atoms with Crippen molar-refractivity contribution < 1.29 is 28.5 Å². The number of hydrogen-bond donors (Lipinski definition) is 0. The number of ether oxygens (including phenoxy) is 4. The number of hydrogen-bond acceptors (Lipinski definition) is 6. The first-order chi connectivity index (χ1) is 18.1. The monoisotopic (exact) mass is 490 g/mol. The zero-order valence-corrected chi connectivity index (χ0v) is 19.7. The minimum atomic E-state index is -1.32. The van der Waals surface area contributed by atoms with Gasteiger partial charge in [0.05, 0.1) is 0 Å². The van der Waals surface area contributed by atoms with Crippen LogP contribution in [0.1, 0.15) is 11.9 Å². The van der Waals surface area contributed by atoms with Gasteiger partial charge in [0.2, 0.25) is 0 Å². The van der Waals surface area contributed by atoms with Crippen molar-refractivity contribution in [2.45, 2.75) is 18.5 Å². The lowest BCUT2D eigenvalue weighted by atomic mass is 10.1. The van der Waals surface area contributed by atoms with E-state index >= 15 is 0 Å². The highest BCUT2D eigenvalue weighted by atomic mass is 16.8. The number of benzene rings is 5. The summed E-state index contributed by atoms with van der Waals surface area (Å²) in [5, 5.41) is 3.88. The van der Waals surface area contributed by atoms with Gasteiger partial charge in [-0.15, -0.1) is 0 Å². The van der Waals surface area contributed by atoms with Gasteiger partial charge in [0, 0.05) is 5.56 Å². The van der Waals surface area contributed by atoms with Crippen LogP contribution >= 0.6 is 0 Å². The first-order valence-corrected chi connectivity index (χ1v) is 11.9. The number of rotatable bonds is 5. The zero-order valence-electron chi connectivity index (χ0n) is 19.7. The van der Waals surface area contributed by atoms with Crippen LogP contribution in [0.2, 0.25) is 0 Å². The van der Waals surface area contributed by atoms with E-state index in [9.17, 15) is 9.59 Å². The third kappa shape index (κ3) is 4.80. The van der Waals surface area contributed by atoms with Gasteiger partial charge in [-0.1, -0.05) is 91.0 Å². The molecular weight excluding hydrogens is 468 g/mol. The predicted octanol–water partition coefficient (Wildman–Crippen LogP) is 5.99. The number of carbonyl (C=O) groups is 2. The van der Waals surface area contributed by atoms with Crippen molar-refractivity contribution in [2.75, 3.05) is 0 Å². The van der Waals surface area contributed by atoms with Gasteiger partial charge in [0.15, 0.2) is 18.5 Å². The van der Waals surface area contributed by atoms with E-state index in [2.05, 4.69) is 0 Å². The maximum absolute atomic E-state index is 13.2. The smallest absolute Gasteiger partial charge is 0.344 e. The molecule has 1 saturated heterocycles. The molecule has 0 aliphatic carbocycles. The van der Waals surface area contributed by atoms with Crippen LogP contribution in [-0.2, 0) is 19.1 Å². The standard InChI is InChI=1S/C31H22O6/c32-29(34-25-16-14-20-8-4-6-12-23(20)18-25)27-28(37-31(36-27)22-10-2-1-3-11-22)30(33)35-26-17-15-21-9-5-7-13-24(21)19-26/h1-19,27-28,31H/t27-,28-/m1/s1. The van der Waals surface area contributed by atoms with Gasteiger partial charge in [-0.05, 0) is 45.8 Å². The lowest BCUT2D eigenvalue weighted by Crippen LogP contribution is -2.41. The topological polar surface area (TPSA) is 71.1 Å². The lowest BCUT2D eigenvalue weighted by molar-refractivity contribution is -0.153. The summed E-state index contributed by atoms with van der Waals surface area (Å²) in [6.07, 6.45) is -3.56. The molecule has 1 fully saturated rings. The van der Waals surface area contributed by atoms with Gasteiger partial charge in [-0.25, -0.2) is 9.59 Å². The molecule has 0 N–H and O–H groups in total. The van der Waals surface area contributed by atoms with Crippen molar-refractivity contribution in [2.24, 2.45) is 0 Å². The van der Waals surface area contributed by atoms with Crippen LogP contribution in [0.5, 0.6) is 11.5 Å². The highest BCUT2D eigenvalue weighted by molar-refractivity contribution is 5.90. The molecule has 6 nitrogen and oxygen atoms in total. The molecule has 0 saturated carbocycles. The lowest BCUT2D eigenvalue weighted by Gasteiger charge is -2.15. The maximum Gasteiger partial charge on any atom is 0.344 e. The molecule has 0 aromatic heterocycles. The summed E-state index contributed by atoms with van der Waals surface area (Å²) < 4.78 is 23.1. The van der Waals surface area contributed by atoms with Crippen molar-refractivity contribution in [1.29, 1.82) is 0 Å². The third-order valence-electron chi connectivity index (χ3n) is 6.23. The average Bonchev–Trinajstić information content (AvgIpc) is 3.40. The molecule has 37 heavy (non-hydrogen) atoms. The van der Waals surface area contributed by atoms with Gasteiger partial charge in [-0.3, -0.25) is 0 Å². The fourth-order valence-corrected chi connectivity index (χ4v) is 4.38. The Morgan fingerprint density at radius 2 is 0.946 bits per heavy atom. The van der Waals surface area contributed by atoms with Crippen LogP contribution in [0, 0.1) is 0 Å². The Morgan fingerprint density at radius 1 is 0.514 bits per heavy atom. The largest absolute Gasteiger partial charge is 0.425 e. The quantitative estimate of drug-likeness (QED) is 0.223. The van der Waals surface area contributed by atoms with E-state index in [-0.39, 0.29) is 0 Å². The van der Waals surface area contributed by atoms with Crippen molar-refractivity contribution >= 4 is 33.5 Å². The van der Waals surface area contributed by atoms with E-state index in [4.69, 9.17) is 18.9 Å². The van der Waals surface area contributed by atoms with Gasteiger partial charge >= 0.3 is 11.9 Å². The highest BCUT2D eigenvalue weighted by Gasteiger charge is 2.48. The van der Waals surface area contributed by atoms with Gasteiger partial charge < -0.3 is 18.9 Å². The Morgan fingerprint density at radius 3 is 1.43 bits per heavy atom. The van der Waals surface area contributed by atoms with Gasteiger partial charge in [0.25, 0.3) is 0 Å². The summed E-state index contributed by atoms with van der Waals surface area (Å²) in [5.74, 6) is -0.794. The van der Waals surface area contributed by atoms with Crippen LogP contribution in [-0.4, -0.2) is 24.1 Å². The first-order valence-electron chi connectivity index (χ1n) is 11.9. The van der Waals surface area contributed by atoms with Crippen molar-refractivity contribution in [3.63, 3.8) is 0 Å². The second-order valence-electron chi connectivity index (χ2n) is 8.72. The van der Waals surface area contributed by atoms with Crippen molar-refractivity contribution in [3.8, 4) is 11.5 Å². The summed E-state index contributed by atoms with van der Waals surface area (Å²) in [6, 6.07) is 35.2. The Labute approximate surface area is 213 Å². The van der Waals surface area contributed by atoms with Gasteiger partial charge in [0.1, 0.15) is 11.5 Å². The van der Waals surface area contributed by atoms with Crippen molar-refractivity contribution in [1.82, 2.24) is 0 Å². The van der Waals surface area contributed by atoms with Crippen LogP contribution in [0.15, 0.2) is 115 Å². The van der Waals surface area contributed by atoms with E-state index in [1.54, 1.807) is 36.4 Å². The van der Waals surface area contributed by atoms with Crippen LogP contribution in [0.25, 0.3) is 21.5 Å². The summed E-state index contributed by atoms with van der Waals surface area (Å²) >= 11 is 0. The summed E-state index contributed by atoms with van der Waals surface area (Å²) in [4.78, 5) is 26.5. The Balaban J connectivity index is 1.25. The van der Waals surface area contributed by atoms with E-state index in [0.29, 0.717) is 17.1 Å². The minimum Gasteiger partial charge on any atom is -0.425 e. The van der Waals surface area contributed by atoms with Crippen LogP contribution in [0.4, 0.5) is 0 Å². The van der Waals surface area contributed by atoms with E-state index in [1.807, 2.05) is 78.9 Å². The number of carbonyl (C=O) groups excluding carboxylic acids is 2. The molecule has 2 atom stereocenters. The maximum atomic E-state index is 13.2. The molecule has 0 bridgehead atoms. The molecule has 1 aliphatic rings. The number of fused-ring (bicyclic) bond motifs is 2. The molecule has 0 spiro atoms.